The van der Waals surface area contributed by atoms with Crippen molar-refractivity contribution in [2.24, 2.45) is 23.2 Å². The molecule has 3 aliphatic carbocycles. The average molecular weight is 373 g/mol. The zero-order chi connectivity index (χ0) is 19.4. The van der Waals surface area contributed by atoms with Crippen LogP contribution in [0.4, 0.5) is 0 Å². The van der Waals surface area contributed by atoms with E-state index in [0.29, 0.717) is 29.4 Å². The Bertz CT molecular complexity index is 691. The maximum Gasteiger partial charge on any atom is 0.115 e. The maximum atomic E-state index is 10.8. The SMILES string of the molecule is CC(C)(C)OCC[C@H]1C[C@]2(C)[C@@H](O)CC[C@H]2[C@@H]2CCc3cc(O)ccc3[C@@H]12. The average Bonchev–Trinajstić information content (AvgIpc) is 2.88. The van der Waals surface area contributed by atoms with E-state index in [2.05, 4.69) is 33.8 Å². The number of fused-ring (bicyclic) bond motifs is 5. The number of rotatable bonds is 3. The Morgan fingerprint density at radius 3 is 2.70 bits per heavy atom. The lowest BCUT2D eigenvalue weighted by Gasteiger charge is -2.54. The summed E-state index contributed by atoms with van der Waals surface area (Å²) in [6.07, 6.45) is 6.34. The number of phenols is 1. The highest BCUT2D eigenvalue weighted by Crippen LogP contribution is 2.63. The molecular formula is C24H36O3. The monoisotopic (exact) mass is 372 g/mol. The van der Waals surface area contributed by atoms with E-state index < -0.39 is 0 Å². The molecule has 150 valence electrons. The third kappa shape index (κ3) is 3.42. The minimum atomic E-state index is -0.157. The van der Waals surface area contributed by atoms with Crippen LogP contribution in [-0.2, 0) is 11.2 Å². The van der Waals surface area contributed by atoms with Crippen LogP contribution in [0.3, 0.4) is 0 Å². The molecule has 2 N–H and O–H groups in total. The number of benzene rings is 1. The highest BCUT2D eigenvalue weighted by Gasteiger charge is 2.57. The fourth-order valence-electron chi connectivity index (χ4n) is 6.65. The molecule has 2 fully saturated rings. The Morgan fingerprint density at radius 1 is 1.19 bits per heavy atom. The van der Waals surface area contributed by atoms with E-state index in [1.165, 1.54) is 17.5 Å². The van der Waals surface area contributed by atoms with Crippen LogP contribution in [0.15, 0.2) is 18.2 Å². The molecule has 0 radical (unpaired) electrons. The highest BCUT2D eigenvalue weighted by molar-refractivity contribution is 5.40. The standard InChI is InChI=1S/C24H36O3/c1-23(2,3)27-12-11-16-14-24(4)20(9-10-21(24)26)19-7-5-15-13-17(25)6-8-18(15)22(16)19/h6,8,13,16,19-22,25-26H,5,7,9-12,14H2,1-4H3/t16-,19-,20-,21-,22+,24-/m0/s1. The molecule has 0 bridgehead atoms. The van der Waals surface area contributed by atoms with Crippen molar-refractivity contribution in [3.8, 4) is 5.75 Å². The fraction of sp³-hybridized carbons (Fsp3) is 0.750. The molecular weight excluding hydrogens is 336 g/mol. The molecule has 0 spiro atoms. The Hall–Kier alpha value is -1.06. The molecule has 0 aromatic heterocycles. The van der Waals surface area contributed by atoms with E-state index >= 15 is 0 Å². The lowest BCUT2D eigenvalue weighted by atomic mass is 9.51. The number of aliphatic hydroxyl groups is 1. The largest absolute Gasteiger partial charge is 0.508 e. The van der Waals surface area contributed by atoms with Crippen LogP contribution in [0.5, 0.6) is 5.75 Å². The van der Waals surface area contributed by atoms with Gasteiger partial charge in [0.1, 0.15) is 5.75 Å². The number of phenolic OH excluding ortho intramolecular Hbond substituents is 1. The molecule has 6 atom stereocenters. The summed E-state index contributed by atoms with van der Waals surface area (Å²) in [4.78, 5) is 0. The van der Waals surface area contributed by atoms with Crippen molar-refractivity contribution in [3.05, 3.63) is 29.3 Å². The topological polar surface area (TPSA) is 49.7 Å². The molecule has 0 heterocycles. The van der Waals surface area contributed by atoms with Crippen molar-refractivity contribution in [1.29, 1.82) is 0 Å². The predicted molar refractivity (Wildman–Crippen MR) is 108 cm³/mol. The van der Waals surface area contributed by atoms with Gasteiger partial charge in [-0.3, -0.25) is 0 Å². The van der Waals surface area contributed by atoms with Crippen molar-refractivity contribution in [2.45, 2.75) is 83.8 Å². The smallest absolute Gasteiger partial charge is 0.115 e. The van der Waals surface area contributed by atoms with E-state index in [9.17, 15) is 10.2 Å². The normalized spacial score (nSPS) is 38.2. The zero-order valence-electron chi connectivity index (χ0n) is 17.4. The van der Waals surface area contributed by atoms with Gasteiger partial charge in [0.15, 0.2) is 0 Å². The van der Waals surface area contributed by atoms with Gasteiger partial charge in [-0.15, -0.1) is 0 Å². The third-order valence-electron chi connectivity index (χ3n) is 7.80. The van der Waals surface area contributed by atoms with E-state index in [1.54, 1.807) is 0 Å². The second-order valence-electron chi connectivity index (χ2n) is 10.5. The fourth-order valence-corrected chi connectivity index (χ4v) is 6.65. The highest BCUT2D eigenvalue weighted by atomic mass is 16.5. The summed E-state index contributed by atoms with van der Waals surface area (Å²) in [7, 11) is 0. The molecule has 0 unspecified atom stereocenters. The van der Waals surface area contributed by atoms with Crippen molar-refractivity contribution in [2.75, 3.05) is 6.61 Å². The molecule has 4 rings (SSSR count). The van der Waals surface area contributed by atoms with Gasteiger partial charge < -0.3 is 14.9 Å². The van der Waals surface area contributed by atoms with Crippen LogP contribution in [0.2, 0.25) is 0 Å². The van der Waals surface area contributed by atoms with Gasteiger partial charge in [-0.1, -0.05) is 13.0 Å². The van der Waals surface area contributed by atoms with Gasteiger partial charge in [0.05, 0.1) is 11.7 Å². The van der Waals surface area contributed by atoms with Crippen LogP contribution in [0.1, 0.15) is 76.8 Å². The number of aryl methyl sites for hydroxylation is 1. The van der Waals surface area contributed by atoms with E-state index in [0.717, 1.165) is 38.7 Å². The van der Waals surface area contributed by atoms with Crippen molar-refractivity contribution >= 4 is 0 Å². The van der Waals surface area contributed by atoms with Crippen LogP contribution < -0.4 is 0 Å². The van der Waals surface area contributed by atoms with Crippen molar-refractivity contribution < 1.29 is 14.9 Å². The van der Waals surface area contributed by atoms with Gasteiger partial charge in [-0.2, -0.15) is 0 Å². The molecule has 0 aliphatic heterocycles. The second kappa shape index (κ2) is 6.77. The van der Waals surface area contributed by atoms with Crippen LogP contribution in [0.25, 0.3) is 0 Å². The zero-order valence-corrected chi connectivity index (χ0v) is 17.4. The van der Waals surface area contributed by atoms with Crippen LogP contribution in [-0.4, -0.2) is 28.5 Å². The molecule has 0 amide bonds. The summed E-state index contributed by atoms with van der Waals surface area (Å²) >= 11 is 0. The number of hydrogen-bond donors (Lipinski definition) is 2. The first kappa shape index (κ1) is 19.3. The third-order valence-corrected chi connectivity index (χ3v) is 7.80. The summed E-state index contributed by atoms with van der Waals surface area (Å²) in [5.41, 5.74) is 2.74. The summed E-state index contributed by atoms with van der Waals surface area (Å²) < 4.78 is 6.09. The van der Waals surface area contributed by atoms with E-state index in [1.807, 2.05) is 12.1 Å². The van der Waals surface area contributed by atoms with E-state index in [-0.39, 0.29) is 17.1 Å². The molecule has 1 aromatic rings. The molecule has 1 aromatic carbocycles. The molecule has 3 nitrogen and oxygen atoms in total. The number of aliphatic hydroxyl groups excluding tert-OH is 1. The maximum absolute atomic E-state index is 10.8. The molecule has 27 heavy (non-hydrogen) atoms. The van der Waals surface area contributed by atoms with Crippen molar-refractivity contribution in [1.82, 2.24) is 0 Å². The first-order valence-corrected chi connectivity index (χ1v) is 10.8. The number of hydrogen-bond acceptors (Lipinski definition) is 3. The summed E-state index contributed by atoms with van der Waals surface area (Å²) in [6, 6.07) is 6.01. The summed E-state index contributed by atoms with van der Waals surface area (Å²) in [6.45, 7) is 9.48. The Labute approximate surface area is 164 Å². The lowest BCUT2D eigenvalue weighted by molar-refractivity contribution is -0.0642. The minimum Gasteiger partial charge on any atom is -0.508 e. The van der Waals surface area contributed by atoms with Gasteiger partial charge in [0.2, 0.25) is 0 Å². The Kier molecular flexibility index (Phi) is 4.83. The first-order valence-electron chi connectivity index (χ1n) is 10.8. The lowest BCUT2D eigenvalue weighted by Crippen LogP contribution is -2.48. The molecule has 3 aliphatic rings. The number of aromatic hydroxyl groups is 1. The van der Waals surface area contributed by atoms with Gasteiger partial charge >= 0.3 is 0 Å². The quantitative estimate of drug-likeness (QED) is 0.781. The van der Waals surface area contributed by atoms with Crippen LogP contribution >= 0.6 is 0 Å². The summed E-state index contributed by atoms with van der Waals surface area (Å²) in [5, 5.41) is 20.8. The number of ether oxygens (including phenoxy) is 1. The minimum absolute atomic E-state index is 0.0575. The Morgan fingerprint density at radius 2 is 1.96 bits per heavy atom. The second-order valence-corrected chi connectivity index (χ2v) is 10.5. The predicted octanol–water partition coefficient (Wildman–Crippen LogP) is 5.04. The molecule has 3 heteroatoms. The Balaban J connectivity index is 1.66. The van der Waals surface area contributed by atoms with Gasteiger partial charge in [0, 0.05) is 6.61 Å². The first-order chi connectivity index (χ1) is 12.7. The van der Waals surface area contributed by atoms with Crippen molar-refractivity contribution in [3.63, 3.8) is 0 Å². The van der Waals surface area contributed by atoms with Gasteiger partial charge in [0.25, 0.3) is 0 Å². The molecule has 2 saturated carbocycles. The summed E-state index contributed by atoms with van der Waals surface area (Å²) in [5.74, 6) is 2.74. The van der Waals surface area contributed by atoms with Gasteiger partial charge in [-0.05, 0) is 112 Å². The van der Waals surface area contributed by atoms with Crippen LogP contribution in [0, 0.1) is 23.2 Å². The molecule has 0 saturated heterocycles. The van der Waals surface area contributed by atoms with Gasteiger partial charge in [-0.25, -0.2) is 0 Å². The van der Waals surface area contributed by atoms with E-state index in [4.69, 9.17) is 4.74 Å².